The molecular weight excluding hydrogens is 468 g/mol. The van der Waals surface area contributed by atoms with E-state index < -0.39 is 79.7 Å². The summed E-state index contributed by atoms with van der Waals surface area (Å²) < 4.78 is 27.3. The van der Waals surface area contributed by atoms with E-state index in [2.05, 4.69) is 0 Å². The molecule has 10 atom stereocenters. The van der Waals surface area contributed by atoms with Gasteiger partial charge in [-0.25, -0.2) is 4.79 Å². The molecule has 2 fully saturated rings. The van der Waals surface area contributed by atoms with Crippen molar-refractivity contribution in [1.82, 2.24) is 0 Å². The molecule has 1 aliphatic carbocycles. The van der Waals surface area contributed by atoms with Crippen molar-refractivity contribution in [2.45, 2.75) is 55.1 Å². The molecule has 1 saturated heterocycles. The Kier molecular flexibility index (Phi) is 7.64. The summed E-state index contributed by atoms with van der Waals surface area (Å²) in [6.07, 6.45) is -7.03. The van der Waals surface area contributed by atoms with Gasteiger partial charge >= 0.3 is 5.97 Å². The number of hydrogen-bond acceptors (Lipinski definition) is 12. The van der Waals surface area contributed by atoms with Gasteiger partial charge in [-0.1, -0.05) is 0 Å². The van der Waals surface area contributed by atoms with Crippen LogP contribution in [0, 0.1) is 11.8 Å². The maximum atomic E-state index is 12.7. The van der Waals surface area contributed by atoms with Crippen molar-refractivity contribution < 1.29 is 59.1 Å². The van der Waals surface area contributed by atoms with Gasteiger partial charge in [-0.05, 0) is 30.3 Å². The van der Waals surface area contributed by atoms with Gasteiger partial charge < -0.3 is 54.3 Å². The predicted octanol–water partition coefficient (Wildman–Crippen LogP) is -1.73. The number of ether oxygens (including phenoxy) is 5. The molecule has 4 rings (SSSR count). The first-order valence-corrected chi connectivity index (χ1v) is 11.2. The average Bonchev–Trinajstić information content (AvgIpc) is 3.17. The minimum Gasteiger partial charge on any atom is -0.497 e. The van der Waals surface area contributed by atoms with E-state index >= 15 is 0 Å². The van der Waals surface area contributed by atoms with Gasteiger partial charge in [0.15, 0.2) is 6.29 Å². The quantitative estimate of drug-likeness (QED) is 0.234. The number of fused-ring (bicyclic) bond motifs is 1. The lowest BCUT2D eigenvalue weighted by molar-refractivity contribution is -0.347. The molecule has 35 heavy (non-hydrogen) atoms. The lowest BCUT2D eigenvalue weighted by atomic mass is 9.84. The second kappa shape index (κ2) is 10.4. The molecule has 3 aliphatic rings. The highest BCUT2D eigenvalue weighted by molar-refractivity contribution is 5.89. The molecule has 1 aromatic carbocycles. The lowest BCUT2D eigenvalue weighted by Crippen LogP contribution is -2.61. The van der Waals surface area contributed by atoms with E-state index in [1.54, 1.807) is 18.2 Å². The number of carbonyl (C=O) groups excluding carboxylic acids is 1. The van der Waals surface area contributed by atoms with Crippen LogP contribution < -0.4 is 4.74 Å². The molecule has 0 unspecified atom stereocenters. The summed E-state index contributed by atoms with van der Waals surface area (Å²) >= 11 is 0. The summed E-state index contributed by atoms with van der Waals surface area (Å²) in [6.45, 7) is -1.34. The summed E-state index contributed by atoms with van der Waals surface area (Å²) in [5.74, 6) is -1.64. The smallest absolute Gasteiger partial charge is 0.338 e. The van der Waals surface area contributed by atoms with Crippen molar-refractivity contribution in [2.75, 3.05) is 20.3 Å². The van der Waals surface area contributed by atoms with Crippen molar-refractivity contribution in [1.29, 1.82) is 0 Å². The van der Waals surface area contributed by atoms with Gasteiger partial charge in [-0.15, -0.1) is 0 Å². The molecule has 0 aromatic heterocycles. The highest BCUT2D eigenvalue weighted by Gasteiger charge is 2.59. The van der Waals surface area contributed by atoms with Crippen molar-refractivity contribution in [3.63, 3.8) is 0 Å². The second-order valence-corrected chi connectivity index (χ2v) is 8.91. The zero-order chi connectivity index (χ0) is 25.3. The van der Waals surface area contributed by atoms with Crippen LogP contribution in [0.4, 0.5) is 0 Å². The molecular formula is C23H30O12. The number of benzene rings is 1. The van der Waals surface area contributed by atoms with Crippen LogP contribution in [-0.2, 0) is 18.9 Å². The first-order chi connectivity index (χ1) is 16.7. The Labute approximate surface area is 200 Å². The monoisotopic (exact) mass is 498 g/mol. The maximum absolute atomic E-state index is 12.7. The number of methoxy groups -OCH3 is 1. The number of carbonyl (C=O) groups is 1. The molecule has 2 aliphatic heterocycles. The van der Waals surface area contributed by atoms with Crippen LogP contribution in [0.1, 0.15) is 16.8 Å². The second-order valence-electron chi connectivity index (χ2n) is 8.91. The third-order valence-electron chi connectivity index (χ3n) is 6.80. The van der Waals surface area contributed by atoms with Crippen LogP contribution in [-0.4, -0.2) is 106 Å². The number of aliphatic hydroxyl groups is 6. The van der Waals surface area contributed by atoms with Crippen molar-refractivity contribution in [2.24, 2.45) is 11.8 Å². The fraction of sp³-hybridized carbons (Fsp3) is 0.609. The van der Waals surface area contributed by atoms with E-state index in [9.17, 15) is 35.4 Å². The number of aliphatic hydroxyl groups excluding tert-OH is 5. The molecule has 2 heterocycles. The Bertz CT molecular complexity index is 904. The standard InChI is InChI=1S/C23H30O12/c1-31-12-4-2-11(3-5-12)20(29)33-14-8-23(30,10-25)16-13(14)6-7-32-21(16)35-22-19(28)18(27)17(26)15(9-24)34-22/h2-7,13-19,21-22,24-28,30H,8-10H2,1H3/t13-,14+,15+,16+,17+,18-,19+,21-,22-,23+/m0/s1. The first kappa shape index (κ1) is 25.8. The highest BCUT2D eigenvalue weighted by Crippen LogP contribution is 2.48. The molecule has 1 aromatic rings. The number of hydrogen-bond donors (Lipinski definition) is 6. The molecule has 1 saturated carbocycles. The number of rotatable bonds is 7. The summed E-state index contributed by atoms with van der Waals surface area (Å²) in [4.78, 5) is 12.7. The Morgan fingerprint density at radius 2 is 1.80 bits per heavy atom. The van der Waals surface area contributed by atoms with E-state index in [1.807, 2.05) is 0 Å². The highest BCUT2D eigenvalue weighted by atomic mass is 16.8. The maximum Gasteiger partial charge on any atom is 0.338 e. The molecule has 0 spiro atoms. The van der Waals surface area contributed by atoms with Crippen molar-refractivity contribution in [3.8, 4) is 5.75 Å². The van der Waals surface area contributed by atoms with Crippen LogP contribution >= 0.6 is 0 Å². The SMILES string of the molecule is COc1ccc(C(=O)O[C@@H]2C[C@@](O)(CO)[C@H]3[C@H](O[C@@H]4O[C@H](CO)[C@@H](O)[C@H](O)[C@H]4O)OC=C[C@H]32)cc1. The first-order valence-electron chi connectivity index (χ1n) is 11.2. The van der Waals surface area contributed by atoms with Gasteiger partial charge in [0.2, 0.25) is 6.29 Å². The zero-order valence-corrected chi connectivity index (χ0v) is 18.9. The minimum atomic E-state index is -1.78. The van der Waals surface area contributed by atoms with Gasteiger partial charge in [-0.3, -0.25) is 0 Å². The van der Waals surface area contributed by atoms with E-state index in [0.29, 0.717) is 5.75 Å². The molecule has 0 radical (unpaired) electrons. The molecule has 12 nitrogen and oxygen atoms in total. The molecule has 0 amide bonds. The molecule has 6 N–H and O–H groups in total. The van der Waals surface area contributed by atoms with E-state index in [4.69, 9.17) is 23.7 Å². The van der Waals surface area contributed by atoms with Crippen LogP contribution in [0.3, 0.4) is 0 Å². The zero-order valence-electron chi connectivity index (χ0n) is 18.9. The van der Waals surface area contributed by atoms with Gasteiger partial charge in [0.25, 0.3) is 0 Å². The summed E-state index contributed by atoms with van der Waals surface area (Å²) in [5, 5.41) is 60.9. The summed E-state index contributed by atoms with van der Waals surface area (Å²) in [5.41, 5.74) is -1.51. The van der Waals surface area contributed by atoms with Crippen molar-refractivity contribution >= 4 is 5.97 Å². The fourth-order valence-electron chi connectivity index (χ4n) is 4.84. The van der Waals surface area contributed by atoms with E-state index in [0.717, 1.165) is 0 Å². The van der Waals surface area contributed by atoms with Crippen LogP contribution in [0.25, 0.3) is 0 Å². The summed E-state index contributed by atoms with van der Waals surface area (Å²) in [7, 11) is 1.50. The van der Waals surface area contributed by atoms with Crippen LogP contribution in [0.5, 0.6) is 5.75 Å². The molecule has 0 bridgehead atoms. The summed E-state index contributed by atoms with van der Waals surface area (Å²) in [6, 6.07) is 6.29. The van der Waals surface area contributed by atoms with Gasteiger partial charge in [0.1, 0.15) is 41.9 Å². The van der Waals surface area contributed by atoms with Gasteiger partial charge in [0.05, 0.1) is 38.1 Å². The van der Waals surface area contributed by atoms with Crippen molar-refractivity contribution in [3.05, 3.63) is 42.2 Å². The lowest BCUT2D eigenvalue weighted by Gasteiger charge is -2.43. The Hall–Kier alpha value is -2.29. The fourth-order valence-corrected chi connectivity index (χ4v) is 4.84. The van der Waals surface area contributed by atoms with Crippen LogP contribution in [0.15, 0.2) is 36.6 Å². The third-order valence-corrected chi connectivity index (χ3v) is 6.80. The Morgan fingerprint density at radius 3 is 2.43 bits per heavy atom. The van der Waals surface area contributed by atoms with Gasteiger partial charge in [0, 0.05) is 12.3 Å². The topological polar surface area (TPSA) is 185 Å². The average molecular weight is 498 g/mol. The minimum absolute atomic E-state index is 0.122. The Balaban J connectivity index is 1.51. The number of esters is 1. The Morgan fingerprint density at radius 1 is 1.09 bits per heavy atom. The molecule has 12 heteroatoms. The normalized spacial score (nSPS) is 40.6. The van der Waals surface area contributed by atoms with Crippen LogP contribution in [0.2, 0.25) is 0 Å². The largest absolute Gasteiger partial charge is 0.497 e. The van der Waals surface area contributed by atoms with E-state index in [-0.39, 0.29) is 12.0 Å². The van der Waals surface area contributed by atoms with E-state index in [1.165, 1.54) is 25.5 Å². The predicted molar refractivity (Wildman–Crippen MR) is 115 cm³/mol. The third kappa shape index (κ3) is 4.88. The molecule has 194 valence electrons. The van der Waals surface area contributed by atoms with Gasteiger partial charge in [-0.2, -0.15) is 0 Å².